The Balaban J connectivity index is 2.58. The number of methoxy groups -OCH3 is 1. The van der Waals surface area contributed by atoms with Gasteiger partial charge < -0.3 is 4.74 Å². The standard InChI is InChI=1S/C10H12FIO/c1-13-10-4-2-8(3-5-10)6-9(11)7-12/h2-5,9H,6-7H2,1H3. The van der Waals surface area contributed by atoms with Crippen LogP contribution in [0.2, 0.25) is 0 Å². The molecule has 0 heterocycles. The van der Waals surface area contributed by atoms with E-state index in [-0.39, 0.29) is 0 Å². The lowest BCUT2D eigenvalue weighted by Gasteiger charge is -2.05. The van der Waals surface area contributed by atoms with Crippen molar-refractivity contribution in [2.24, 2.45) is 0 Å². The van der Waals surface area contributed by atoms with Crippen molar-refractivity contribution in [2.75, 3.05) is 11.5 Å². The van der Waals surface area contributed by atoms with Gasteiger partial charge in [0.05, 0.1) is 7.11 Å². The summed E-state index contributed by atoms with van der Waals surface area (Å²) in [6.45, 7) is 0. The summed E-state index contributed by atoms with van der Waals surface area (Å²) in [5.41, 5.74) is 1.02. The molecule has 0 fully saturated rings. The van der Waals surface area contributed by atoms with Gasteiger partial charge in [0, 0.05) is 10.8 Å². The van der Waals surface area contributed by atoms with E-state index in [0.717, 1.165) is 11.3 Å². The maximum absolute atomic E-state index is 13.0. The Morgan fingerprint density at radius 1 is 1.38 bits per heavy atom. The van der Waals surface area contributed by atoms with Crippen LogP contribution in [-0.4, -0.2) is 17.7 Å². The third-order valence-corrected chi connectivity index (χ3v) is 2.74. The molecule has 0 radical (unpaired) electrons. The SMILES string of the molecule is COc1ccc(CC(F)CI)cc1. The number of alkyl halides is 2. The first kappa shape index (κ1) is 10.8. The first-order valence-corrected chi connectivity index (χ1v) is 5.61. The van der Waals surface area contributed by atoms with E-state index in [0.29, 0.717) is 10.8 Å². The largest absolute Gasteiger partial charge is 0.497 e. The van der Waals surface area contributed by atoms with Crippen molar-refractivity contribution >= 4 is 22.6 Å². The number of hydrogen-bond donors (Lipinski definition) is 0. The molecule has 1 atom stereocenters. The quantitative estimate of drug-likeness (QED) is 0.613. The first-order valence-electron chi connectivity index (χ1n) is 4.09. The minimum atomic E-state index is -0.742. The van der Waals surface area contributed by atoms with Crippen LogP contribution in [0, 0.1) is 0 Å². The molecule has 0 aliphatic heterocycles. The van der Waals surface area contributed by atoms with E-state index in [9.17, 15) is 4.39 Å². The van der Waals surface area contributed by atoms with E-state index in [1.807, 2.05) is 24.3 Å². The molecule has 0 amide bonds. The first-order chi connectivity index (χ1) is 6.26. The van der Waals surface area contributed by atoms with Crippen molar-refractivity contribution in [3.05, 3.63) is 29.8 Å². The van der Waals surface area contributed by atoms with Crippen LogP contribution in [-0.2, 0) is 6.42 Å². The van der Waals surface area contributed by atoms with Crippen molar-refractivity contribution in [3.63, 3.8) is 0 Å². The fourth-order valence-electron chi connectivity index (χ4n) is 1.07. The lowest BCUT2D eigenvalue weighted by atomic mass is 10.1. The Kier molecular flexibility index (Phi) is 4.48. The fraction of sp³-hybridized carbons (Fsp3) is 0.400. The summed E-state index contributed by atoms with van der Waals surface area (Å²) < 4.78 is 18.5. The normalized spacial score (nSPS) is 12.5. The number of hydrogen-bond acceptors (Lipinski definition) is 1. The highest BCUT2D eigenvalue weighted by Gasteiger charge is 2.04. The highest BCUT2D eigenvalue weighted by Crippen LogP contribution is 2.14. The molecule has 0 aliphatic carbocycles. The summed E-state index contributed by atoms with van der Waals surface area (Å²) in [6.07, 6.45) is -0.249. The summed E-state index contributed by atoms with van der Waals surface area (Å²) in [4.78, 5) is 0. The van der Waals surface area contributed by atoms with Gasteiger partial charge in [-0.25, -0.2) is 4.39 Å². The molecule has 13 heavy (non-hydrogen) atoms. The van der Waals surface area contributed by atoms with Gasteiger partial charge in [-0.2, -0.15) is 0 Å². The summed E-state index contributed by atoms with van der Waals surface area (Å²) in [5, 5.41) is 0. The van der Waals surface area contributed by atoms with Gasteiger partial charge in [0.2, 0.25) is 0 Å². The van der Waals surface area contributed by atoms with Gasteiger partial charge in [0.15, 0.2) is 0 Å². The molecule has 1 unspecified atom stereocenters. The maximum atomic E-state index is 13.0. The molecule has 0 saturated carbocycles. The van der Waals surface area contributed by atoms with Crippen LogP contribution in [0.15, 0.2) is 24.3 Å². The minimum Gasteiger partial charge on any atom is -0.497 e. The molecule has 0 bridgehead atoms. The van der Waals surface area contributed by atoms with Gasteiger partial charge in [0.1, 0.15) is 11.9 Å². The van der Waals surface area contributed by atoms with E-state index < -0.39 is 6.17 Å². The predicted molar refractivity (Wildman–Crippen MR) is 60.5 cm³/mol. The Morgan fingerprint density at radius 2 is 2.00 bits per heavy atom. The summed E-state index contributed by atoms with van der Waals surface area (Å²) in [6, 6.07) is 7.51. The lowest BCUT2D eigenvalue weighted by molar-refractivity contribution is 0.370. The Labute approximate surface area is 91.4 Å². The van der Waals surface area contributed by atoms with E-state index >= 15 is 0 Å². The summed E-state index contributed by atoms with van der Waals surface area (Å²) in [5.74, 6) is 0.814. The molecule has 1 aromatic rings. The number of ether oxygens (including phenoxy) is 1. The van der Waals surface area contributed by atoms with Gasteiger partial charge in [-0.15, -0.1) is 0 Å². The van der Waals surface area contributed by atoms with Crippen molar-refractivity contribution < 1.29 is 9.13 Å². The highest BCUT2D eigenvalue weighted by molar-refractivity contribution is 14.1. The van der Waals surface area contributed by atoms with Crippen molar-refractivity contribution in [1.82, 2.24) is 0 Å². The van der Waals surface area contributed by atoms with Crippen LogP contribution in [0.5, 0.6) is 5.75 Å². The van der Waals surface area contributed by atoms with E-state index in [4.69, 9.17) is 4.74 Å². The molecule has 3 heteroatoms. The Morgan fingerprint density at radius 3 is 2.46 bits per heavy atom. The Hall–Kier alpha value is -0.320. The smallest absolute Gasteiger partial charge is 0.118 e. The zero-order valence-corrected chi connectivity index (χ0v) is 9.62. The Bertz CT molecular complexity index is 248. The third-order valence-electron chi connectivity index (χ3n) is 1.78. The molecule has 0 saturated heterocycles. The van der Waals surface area contributed by atoms with Crippen LogP contribution in [0.3, 0.4) is 0 Å². The second kappa shape index (κ2) is 5.42. The second-order valence-electron chi connectivity index (χ2n) is 2.80. The summed E-state index contributed by atoms with van der Waals surface area (Å²) >= 11 is 2.05. The third kappa shape index (κ3) is 3.50. The number of rotatable bonds is 4. The zero-order chi connectivity index (χ0) is 9.68. The number of benzene rings is 1. The second-order valence-corrected chi connectivity index (χ2v) is 3.68. The van der Waals surface area contributed by atoms with Crippen molar-refractivity contribution in [1.29, 1.82) is 0 Å². The highest BCUT2D eigenvalue weighted by atomic mass is 127. The van der Waals surface area contributed by atoms with Crippen LogP contribution in [0.25, 0.3) is 0 Å². The zero-order valence-electron chi connectivity index (χ0n) is 7.47. The molecular weight excluding hydrogens is 282 g/mol. The average molecular weight is 294 g/mol. The molecule has 0 N–H and O–H groups in total. The van der Waals surface area contributed by atoms with Gasteiger partial charge in [-0.3, -0.25) is 0 Å². The van der Waals surface area contributed by atoms with Gasteiger partial charge in [-0.1, -0.05) is 34.7 Å². The van der Waals surface area contributed by atoms with Gasteiger partial charge >= 0.3 is 0 Å². The molecule has 0 aliphatic rings. The van der Waals surface area contributed by atoms with Crippen molar-refractivity contribution in [3.8, 4) is 5.75 Å². The lowest BCUT2D eigenvalue weighted by Crippen LogP contribution is -2.05. The number of halogens is 2. The van der Waals surface area contributed by atoms with Crippen LogP contribution in [0.1, 0.15) is 5.56 Å². The maximum Gasteiger partial charge on any atom is 0.118 e. The molecular formula is C10H12FIO. The van der Waals surface area contributed by atoms with Crippen LogP contribution in [0.4, 0.5) is 4.39 Å². The van der Waals surface area contributed by atoms with E-state index in [1.165, 1.54) is 0 Å². The molecule has 1 nitrogen and oxygen atoms in total. The van der Waals surface area contributed by atoms with Crippen LogP contribution < -0.4 is 4.74 Å². The average Bonchev–Trinajstić information content (AvgIpc) is 2.19. The predicted octanol–water partition coefficient (Wildman–Crippen LogP) is 3.01. The minimum absolute atomic E-state index is 0.493. The molecule has 72 valence electrons. The molecule has 0 aromatic heterocycles. The summed E-state index contributed by atoms with van der Waals surface area (Å²) in [7, 11) is 1.62. The topological polar surface area (TPSA) is 9.23 Å². The van der Waals surface area contributed by atoms with Crippen molar-refractivity contribution in [2.45, 2.75) is 12.6 Å². The molecule has 1 rings (SSSR count). The fourth-order valence-corrected chi connectivity index (χ4v) is 1.38. The van der Waals surface area contributed by atoms with E-state index in [2.05, 4.69) is 22.6 Å². The van der Waals surface area contributed by atoms with E-state index in [1.54, 1.807) is 7.11 Å². The monoisotopic (exact) mass is 294 g/mol. The van der Waals surface area contributed by atoms with Gasteiger partial charge in [0.25, 0.3) is 0 Å². The molecule has 1 aromatic carbocycles. The van der Waals surface area contributed by atoms with Crippen LogP contribution >= 0.6 is 22.6 Å². The molecule has 0 spiro atoms. The van der Waals surface area contributed by atoms with Gasteiger partial charge in [-0.05, 0) is 17.7 Å².